The lowest BCUT2D eigenvalue weighted by Gasteiger charge is -2.31. The van der Waals surface area contributed by atoms with Crippen LogP contribution in [0.2, 0.25) is 0 Å². The zero-order chi connectivity index (χ0) is 19.4. The molecule has 0 atom stereocenters. The van der Waals surface area contributed by atoms with E-state index in [2.05, 4.69) is 5.32 Å². The summed E-state index contributed by atoms with van der Waals surface area (Å²) in [5.74, 6) is 1.12. The molecule has 3 rings (SSSR count). The Morgan fingerprint density at radius 3 is 2.70 bits per heavy atom. The SMILES string of the molecule is CCCNC(=O)C[NH+]1CCN(C(=O)c2oc3ccc(OC)cc3c2C)CC1. The number of quaternary nitrogens is 1. The minimum Gasteiger partial charge on any atom is -0.497 e. The molecule has 1 aliphatic heterocycles. The van der Waals surface area contributed by atoms with Crippen molar-refractivity contribution in [2.75, 3.05) is 46.4 Å². The van der Waals surface area contributed by atoms with E-state index in [1.54, 1.807) is 7.11 Å². The van der Waals surface area contributed by atoms with Crippen molar-refractivity contribution in [3.63, 3.8) is 0 Å². The summed E-state index contributed by atoms with van der Waals surface area (Å²) in [4.78, 5) is 27.8. The second-order valence-corrected chi connectivity index (χ2v) is 6.99. The largest absolute Gasteiger partial charge is 0.497 e. The molecule has 1 aromatic carbocycles. The molecule has 1 aromatic heterocycles. The highest BCUT2D eigenvalue weighted by Gasteiger charge is 2.29. The Morgan fingerprint density at radius 2 is 2.04 bits per heavy atom. The van der Waals surface area contributed by atoms with E-state index in [1.165, 1.54) is 4.90 Å². The molecule has 146 valence electrons. The quantitative estimate of drug-likeness (QED) is 0.777. The molecule has 2 amide bonds. The Bertz CT molecular complexity index is 822. The molecule has 2 heterocycles. The Labute approximate surface area is 159 Å². The summed E-state index contributed by atoms with van der Waals surface area (Å²) >= 11 is 0. The van der Waals surface area contributed by atoms with Gasteiger partial charge >= 0.3 is 0 Å². The predicted molar refractivity (Wildman–Crippen MR) is 102 cm³/mol. The molecule has 0 radical (unpaired) electrons. The Kier molecular flexibility index (Phi) is 6.01. The number of fused-ring (bicyclic) bond motifs is 1. The summed E-state index contributed by atoms with van der Waals surface area (Å²) < 4.78 is 11.1. The van der Waals surface area contributed by atoms with Crippen molar-refractivity contribution in [2.45, 2.75) is 20.3 Å². The molecular weight excluding hydrogens is 346 g/mol. The van der Waals surface area contributed by atoms with Crippen LogP contribution >= 0.6 is 0 Å². The molecule has 1 fully saturated rings. The molecule has 0 spiro atoms. The summed E-state index contributed by atoms with van der Waals surface area (Å²) in [5.41, 5.74) is 1.52. The summed E-state index contributed by atoms with van der Waals surface area (Å²) in [6.07, 6.45) is 0.937. The molecule has 0 unspecified atom stereocenters. The third-order valence-corrected chi connectivity index (χ3v) is 5.08. The number of methoxy groups -OCH3 is 1. The van der Waals surface area contributed by atoms with Crippen LogP contribution < -0.4 is 15.0 Å². The van der Waals surface area contributed by atoms with Crippen molar-refractivity contribution in [3.05, 3.63) is 29.5 Å². The first kappa shape index (κ1) is 19.2. The number of piperazine rings is 1. The lowest BCUT2D eigenvalue weighted by atomic mass is 10.1. The van der Waals surface area contributed by atoms with Crippen LogP contribution in [0.3, 0.4) is 0 Å². The van der Waals surface area contributed by atoms with Crippen LogP contribution in [0.4, 0.5) is 0 Å². The summed E-state index contributed by atoms with van der Waals surface area (Å²) in [5, 5.41) is 3.80. The standard InChI is InChI=1S/C20H27N3O4/c1-4-7-21-18(24)13-22-8-10-23(11-9-22)20(25)19-14(2)16-12-15(26-3)5-6-17(16)27-19/h5-6,12H,4,7-11,13H2,1-3H3,(H,21,24)/p+1. The monoisotopic (exact) mass is 374 g/mol. The summed E-state index contributed by atoms with van der Waals surface area (Å²) in [7, 11) is 1.62. The van der Waals surface area contributed by atoms with Gasteiger partial charge in [-0.3, -0.25) is 9.59 Å². The third kappa shape index (κ3) is 4.24. The van der Waals surface area contributed by atoms with Crippen molar-refractivity contribution >= 4 is 22.8 Å². The van der Waals surface area contributed by atoms with Gasteiger partial charge in [0.1, 0.15) is 11.3 Å². The fourth-order valence-electron chi connectivity index (χ4n) is 3.43. The summed E-state index contributed by atoms with van der Waals surface area (Å²) in [6.45, 7) is 7.88. The van der Waals surface area contributed by atoms with Gasteiger partial charge in [0.15, 0.2) is 12.3 Å². The number of carbonyl (C=O) groups excluding carboxylic acids is 2. The first-order valence-electron chi connectivity index (χ1n) is 9.50. The second kappa shape index (κ2) is 8.43. The Morgan fingerprint density at radius 1 is 1.30 bits per heavy atom. The van der Waals surface area contributed by atoms with Crippen molar-refractivity contribution in [2.24, 2.45) is 0 Å². The molecule has 27 heavy (non-hydrogen) atoms. The van der Waals surface area contributed by atoms with E-state index < -0.39 is 0 Å². The number of amides is 2. The minimum absolute atomic E-state index is 0.0775. The second-order valence-electron chi connectivity index (χ2n) is 6.99. The van der Waals surface area contributed by atoms with Gasteiger partial charge in [-0.05, 0) is 31.5 Å². The lowest BCUT2D eigenvalue weighted by molar-refractivity contribution is -0.896. The van der Waals surface area contributed by atoms with Crippen LogP contribution in [0.1, 0.15) is 29.5 Å². The maximum Gasteiger partial charge on any atom is 0.290 e. The maximum atomic E-state index is 12.9. The van der Waals surface area contributed by atoms with Crippen LogP contribution in [0.5, 0.6) is 5.75 Å². The van der Waals surface area contributed by atoms with E-state index in [0.29, 0.717) is 37.5 Å². The molecule has 0 bridgehead atoms. The van der Waals surface area contributed by atoms with Crippen molar-refractivity contribution < 1.29 is 23.6 Å². The molecule has 1 saturated heterocycles. The number of hydrogen-bond donors (Lipinski definition) is 2. The van der Waals surface area contributed by atoms with Crippen LogP contribution in [-0.2, 0) is 4.79 Å². The van der Waals surface area contributed by atoms with Crippen LogP contribution in [0.15, 0.2) is 22.6 Å². The summed E-state index contributed by atoms with van der Waals surface area (Å²) in [6, 6.07) is 5.54. The topological polar surface area (TPSA) is 76.2 Å². The van der Waals surface area contributed by atoms with Crippen LogP contribution in [-0.4, -0.2) is 63.1 Å². The van der Waals surface area contributed by atoms with Gasteiger partial charge in [0.25, 0.3) is 11.8 Å². The molecule has 7 nitrogen and oxygen atoms in total. The first-order chi connectivity index (χ1) is 13.0. The van der Waals surface area contributed by atoms with Gasteiger partial charge in [0, 0.05) is 17.5 Å². The van der Waals surface area contributed by atoms with Gasteiger partial charge in [-0.1, -0.05) is 6.92 Å². The number of carbonyl (C=O) groups is 2. The highest BCUT2D eigenvalue weighted by atomic mass is 16.5. The molecule has 0 saturated carbocycles. The van der Waals surface area contributed by atoms with Crippen LogP contribution in [0, 0.1) is 6.92 Å². The third-order valence-electron chi connectivity index (χ3n) is 5.08. The van der Waals surface area contributed by atoms with Gasteiger partial charge in [-0.25, -0.2) is 0 Å². The van der Waals surface area contributed by atoms with Gasteiger partial charge in [0.2, 0.25) is 0 Å². The molecule has 2 N–H and O–H groups in total. The van der Waals surface area contributed by atoms with Crippen molar-refractivity contribution in [1.29, 1.82) is 0 Å². The lowest BCUT2D eigenvalue weighted by Crippen LogP contribution is -3.15. The number of ether oxygens (including phenoxy) is 1. The average molecular weight is 374 g/mol. The molecule has 7 heteroatoms. The van der Waals surface area contributed by atoms with Crippen molar-refractivity contribution in [1.82, 2.24) is 10.2 Å². The number of aryl methyl sites for hydroxylation is 1. The fraction of sp³-hybridized carbons (Fsp3) is 0.500. The van der Waals surface area contributed by atoms with E-state index in [-0.39, 0.29) is 11.8 Å². The zero-order valence-corrected chi connectivity index (χ0v) is 16.3. The van der Waals surface area contributed by atoms with E-state index in [1.807, 2.05) is 36.9 Å². The van der Waals surface area contributed by atoms with Crippen LogP contribution in [0.25, 0.3) is 11.0 Å². The van der Waals surface area contributed by atoms with E-state index in [0.717, 1.165) is 36.2 Å². The van der Waals surface area contributed by atoms with Gasteiger partial charge in [-0.15, -0.1) is 0 Å². The van der Waals surface area contributed by atoms with Gasteiger partial charge < -0.3 is 24.3 Å². The number of rotatable bonds is 6. The highest BCUT2D eigenvalue weighted by molar-refractivity contribution is 5.99. The predicted octanol–water partition coefficient (Wildman–Crippen LogP) is 0.617. The Balaban J connectivity index is 1.63. The number of benzene rings is 1. The first-order valence-corrected chi connectivity index (χ1v) is 9.50. The van der Waals surface area contributed by atoms with E-state index in [4.69, 9.17) is 9.15 Å². The molecular formula is C20H28N3O4+. The fourth-order valence-corrected chi connectivity index (χ4v) is 3.43. The number of furan rings is 1. The molecule has 1 aliphatic rings. The molecule has 2 aromatic rings. The zero-order valence-electron chi connectivity index (χ0n) is 16.3. The Hall–Kier alpha value is -2.54. The minimum atomic E-state index is -0.0860. The van der Waals surface area contributed by atoms with Gasteiger partial charge in [-0.2, -0.15) is 0 Å². The average Bonchev–Trinajstić information content (AvgIpc) is 3.02. The van der Waals surface area contributed by atoms with Gasteiger partial charge in [0.05, 0.1) is 33.3 Å². The number of nitrogens with one attached hydrogen (secondary N) is 2. The maximum absolute atomic E-state index is 12.9. The smallest absolute Gasteiger partial charge is 0.290 e. The van der Waals surface area contributed by atoms with Crippen molar-refractivity contribution in [3.8, 4) is 5.75 Å². The van der Waals surface area contributed by atoms with E-state index in [9.17, 15) is 9.59 Å². The van der Waals surface area contributed by atoms with E-state index >= 15 is 0 Å². The number of nitrogens with zero attached hydrogens (tertiary/aromatic N) is 1. The normalized spacial score (nSPS) is 15.1. The number of hydrogen-bond acceptors (Lipinski definition) is 4. The highest BCUT2D eigenvalue weighted by Crippen LogP contribution is 2.29. The molecule has 0 aliphatic carbocycles.